The summed E-state index contributed by atoms with van der Waals surface area (Å²) in [7, 11) is 1.54. The molecule has 4 nitrogen and oxygen atoms in total. The number of phenolic OH excluding ortho intramolecular Hbond substituents is 1. The first kappa shape index (κ1) is 13.9. The number of rotatable bonds is 6. The molecule has 0 saturated heterocycles. The van der Waals surface area contributed by atoms with Gasteiger partial charge in [-0.3, -0.25) is 0 Å². The summed E-state index contributed by atoms with van der Waals surface area (Å²) in [6.45, 7) is 2.04. The Balaban J connectivity index is 2.74. The maximum atomic E-state index is 13.1. The number of hydrogen-bond donors (Lipinski definition) is 3. The van der Waals surface area contributed by atoms with Crippen molar-refractivity contribution in [3.63, 3.8) is 0 Å². The number of ether oxygens (including phenoxy) is 1. The number of benzene rings is 1. The second kappa shape index (κ2) is 6.54. The number of methoxy groups -OCH3 is 1. The van der Waals surface area contributed by atoms with Crippen LogP contribution >= 0.6 is 0 Å². The molecule has 0 amide bonds. The van der Waals surface area contributed by atoms with E-state index in [9.17, 15) is 9.50 Å². The third-order valence-corrected chi connectivity index (χ3v) is 2.53. The Morgan fingerprint density at radius 2 is 2.18 bits per heavy atom. The highest BCUT2D eigenvalue weighted by Gasteiger charge is 2.15. The zero-order valence-corrected chi connectivity index (χ0v) is 9.98. The van der Waals surface area contributed by atoms with E-state index in [0.29, 0.717) is 12.2 Å². The van der Waals surface area contributed by atoms with Gasteiger partial charge in [0.05, 0.1) is 19.3 Å². The number of nitrogens with one attached hydrogen (secondary N) is 1. The molecule has 0 aliphatic carbocycles. The van der Waals surface area contributed by atoms with Crippen LogP contribution in [0.3, 0.4) is 0 Å². The third kappa shape index (κ3) is 3.96. The van der Waals surface area contributed by atoms with Crippen molar-refractivity contribution >= 4 is 0 Å². The molecule has 3 N–H and O–H groups in total. The Labute approximate surface area is 100 Å². The molecule has 0 radical (unpaired) electrons. The zero-order chi connectivity index (χ0) is 12.8. The number of aliphatic hydroxyl groups is 1. The summed E-state index contributed by atoms with van der Waals surface area (Å²) >= 11 is 0. The van der Waals surface area contributed by atoms with E-state index in [-0.39, 0.29) is 24.4 Å². The van der Waals surface area contributed by atoms with Crippen molar-refractivity contribution in [3.8, 4) is 5.75 Å². The second-order valence-corrected chi connectivity index (χ2v) is 3.93. The molecule has 5 heteroatoms. The highest BCUT2D eigenvalue weighted by atomic mass is 19.1. The first-order valence-corrected chi connectivity index (χ1v) is 5.42. The van der Waals surface area contributed by atoms with Gasteiger partial charge in [0.2, 0.25) is 0 Å². The second-order valence-electron chi connectivity index (χ2n) is 3.93. The number of halogens is 1. The molecule has 96 valence electrons. The van der Waals surface area contributed by atoms with Gasteiger partial charge in [-0.1, -0.05) is 0 Å². The van der Waals surface area contributed by atoms with Gasteiger partial charge in [0.25, 0.3) is 0 Å². The Morgan fingerprint density at radius 3 is 2.76 bits per heavy atom. The summed E-state index contributed by atoms with van der Waals surface area (Å²) in [4.78, 5) is 0. The van der Waals surface area contributed by atoms with Crippen LogP contribution < -0.4 is 5.32 Å². The van der Waals surface area contributed by atoms with Crippen molar-refractivity contribution in [2.24, 2.45) is 0 Å². The summed E-state index contributed by atoms with van der Waals surface area (Å²) in [6, 6.07) is 3.25. The predicted molar refractivity (Wildman–Crippen MR) is 62.4 cm³/mol. The van der Waals surface area contributed by atoms with Crippen molar-refractivity contribution in [2.75, 3.05) is 20.3 Å². The van der Waals surface area contributed by atoms with E-state index in [1.165, 1.54) is 25.3 Å². The lowest BCUT2D eigenvalue weighted by molar-refractivity contribution is 0.123. The lowest BCUT2D eigenvalue weighted by atomic mass is 10.1. The van der Waals surface area contributed by atoms with E-state index < -0.39 is 5.82 Å². The van der Waals surface area contributed by atoms with Crippen LogP contribution in [0.2, 0.25) is 0 Å². The molecule has 0 aliphatic heterocycles. The highest BCUT2D eigenvalue weighted by Crippen LogP contribution is 2.24. The predicted octanol–water partition coefficient (Wildman–Crippen LogP) is 1.19. The van der Waals surface area contributed by atoms with Crippen LogP contribution in [0.15, 0.2) is 18.2 Å². The molecule has 17 heavy (non-hydrogen) atoms. The van der Waals surface area contributed by atoms with Gasteiger partial charge >= 0.3 is 0 Å². The maximum Gasteiger partial charge on any atom is 0.123 e. The largest absolute Gasteiger partial charge is 0.508 e. The fourth-order valence-corrected chi connectivity index (χ4v) is 1.67. The van der Waals surface area contributed by atoms with Gasteiger partial charge in [-0.05, 0) is 25.1 Å². The average molecular weight is 243 g/mol. The SMILES string of the molecule is COCC(CO)NC(C)c1cc(F)ccc1O. The molecule has 0 saturated carbocycles. The van der Waals surface area contributed by atoms with Gasteiger partial charge in [0.15, 0.2) is 0 Å². The first-order chi connectivity index (χ1) is 8.08. The molecule has 0 spiro atoms. The summed E-state index contributed by atoms with van der Waals surface area (Å²) in [5.74, 6) is -0.376. The fraction of sp³-hybridized carbons (Fsp3) is 0.500. The molecule has 2 unspecified atom stereocenters. The molecule has 1 aromatic rings. The van der Waals surface area contributed by atoms with E-state index >= 15 is 0 Å². The third-order valence-electron chi connectivity index (χ3n) is 2.53. The topological polar surface area (TPSA) is 61.7 Å². The molecule has 0 bridgehead atoms. The van der Waals surface area contributed by atoms with Crippen molar-refractivity contribution in [3.05, 3.63) is 29.6 Å². The van der Waals surface area contributed by atoms with Crippen molar-refractivity contribution in [1.29, 1.82) is 0 Å². The summed E-state index contributed by atoms with van der Waals surface area (Å²) in [6.07, 6.45) is 0. The number of aliphatic hydroxyl groups excluding tert-OH is 1. The molecule has 1 aromatic carbocycles. The van der Waals surface area contributed by atoms with Crippen LogP contribution in [0.4, 0.5) is 4.39 Å². The summed E-state index contributed by atoms with van der Waals surface area (Å²) in [5, 5.41) is 21.8. The van der Waals surface area contributed by atoms with Crippen LogP contribution in [0, 0.1) is 5.82 Å². The maximum absolute atomic E-state index is 13.1. The average Bonchev–Trinajstić information content (AvgIpc) is 2.31. The normalized spacial score (nSPS) is 14.6. The summed E-state index contributed by atoms with van der Waals surface area (Å²) < 4.78 is 18.0. The van der Waals surface area contributed by atoms with Crippen LogP contribution in [0.1, 0.15) is 18.5 Å². The Morgan fingerprint density at radius 1 is 1.47 bits per heavy atom. The van der Waals surface area contributed by atoms with E-state index in [0.717, 1.165) is 0 Å². The Hall–Kier alpha value is -1.17. The monoisotopic (exact) mass is 243 g/mol. The molecular weight excluding hydrogens is 225 g/mol. The van der Waals surface area contributed by atoms with Gasteiger partial charge in [-0.25, -0.2) is 4.39 Å². The Kier molecular flexibility index (Phi) is 5.34. The lowest BCUT2D eigenvalue weighted by Crippen LogP contribution is -2.38. The molecule has 1 rings (SSSR count). The van der Waals surface area contributed by atoms with Crippen molar-refractivity contribution in [1.82, 2.24) is 5.32 Å². The molecule has 2 atom stereocenters. The van der Waals surface area contributed by atoms with Crippen LogP contribution in [-0.2, 0) is 4.74 Å². The molecule has 0 fully saturated rings. The standard InChI is InChI=1S/C12H18FNO3/c1-8(14-10(6-15)7-17-2)11-5-9(13)3-4-12(11)16/h3-5,8,10,14-16H,6-7H2,1-2H3. The van der Waals surface area contributed by atoms with Gasteiger partial charge in [-0.2, -0.15) is 0 Å². The molecular formula is C12H18FNO3. The fourth-order valence-electron chi connectivity index (χ4n) is 1.67. The zero-order valence-electron chi connectivity index (χ0n) is 9.98. The molecule has 0 aliphatic rings. The van der Waals surface area contributed by atoms with E-state index in [1.54, 1.807) is 6.92 Å². The smallest absolute Gasteiger partial charge is 0.123 e. The van der Waals surface area contributed by atoms with Gasteiger partial charge in [-0.15, -0.1) is 0 Å². The first-order valence-electron chi connectivity index (χ1n) is 5.42. The Bertz CT molecular complexity index is 360. The number of phenols is 1. The van der Waals surface area contributed by atoms with E-state index in [2.05, 4.69) is 5.32 Å². The molecule has 0 heterocycles. The minimum atomic E-state index is -0.404. The van der Waals surface area contributed by atoms with Crippen LogP contribution in [-0.4, -0.2) is 36.6 Å². The van der Waals surface area contributed by atoms with E-state index in [4.69, 9.17) is 9.84 Å². The lowest BCUT2D eigenvalue weighted by Gasteiger charge is -2.22. The van der Waals surface area contributed by atoms with Crippen molar-refractivity contribution in [2.45, 2.75) is 19.0 Å². The summed E-state index contributed by atoms with van der Waals surface area (Å²) in [5.41, 5.74) is 0.458. The minimum Gasteiger partial charge on any atom is -0.508 e. The van der Waals surface area contributed by atoms with Crippen molar-refractivity contribution < 1.29 is 19.3 Å². The number of aromatic hydroxyl groups is 1. The van der Waals surface area contributed by atoms with Gasteiger partial charge in [0, 0.05) is 18.7 Å². The minimum absolute atomic E-state index is 0.0282. The van der Waals surface area contributed by atoms with Crippen LogP contribution in [0.5, 0.6) is 5.75 Å². The van der Waals surface area contributed by atoms with E-state index in [1.807, 2.05) is 0 Å². The quantitative estimate of drug-likeness (QED) is 0.702. The molecule has 0 aromatic heterocycles. The van der Waals surface area contributed by atoms with Gasteiger partial charge < -0.3 is 20.3 Å². The number of hydrogen-bond acceptors (Lipinski definition) is 4. The van der Waals surface area contributed by atoms with Gasteiger partial charge in [0.1, 0.15) is 11.6 Å². The highest BCUT2D eigenvalue weighted by molar-refractivity contribution is 5.34. The van der Waals surface area contributed by atoms with Crippen LogP contribution in [0.25, 0.3) is 0 Å².